The molecule has 0 radical (unpaired) electrons. The Balaban J connectivity index is 1.96. The van der Waals surface area contributed by atoms with Gasteiger partial charge in [-0.15, -0.1) is 13.2 Å². The minimum Gasteiger partial charge on any atom is -0.463 e. The summed E-state index contributed by atoms with van der Waals surface area (Å²) in [7, 11) is 0. The maximum Gasteiger partial charge on any atom is 0.309 e. The Morgan fingerprint density at radius 1 is 0.850 bits per heavy atom. The summed E-state index contributed by atoms with van der Waals surface area (Å²) in [6.45, 7) is 11.2. The molecule has 7 nitrogen and oxygen atoms in total. The normalized spacial score (nSPS) is 13.9. The molecule has 0 aliphatic rings. The Labute approximate surface area is 238 Å². The monoisotopic (exact) mass is 548 g/mol. The van der Waals surface area contributed by atoms with Gasteiger partial charge >= 0.3 is 5.97 Å². The highest BCUT2D eigenvalue weighted by atomic mass is 16.5. The van der Waals surface area contributed by atoms with Crippen LogP contribution < -0.4 is 10.6 Å². The van der Waals surface area contributed by atoms with E-state index in [0.29, 0.717) is 25.7 Å². The highest BCUT2D eigenvalue weighted by Gasteiger charge is 2.27. The van der Waals surface area contributed by atoms with E-state index in [4.69, 9.17) is 4.74 Å². The lowest BCUT2D eigenvalue weighted by atomic mass is 9.96. The lowest BCUT2D eigenvalue weighted by Crippen LogP contribution is -2.47. The van der Waals surface area contributed by atoms with E-state index < -0.39 is 18.0 Å². The SMILES string of the molecule is C=CC[C@H](CC(=O)N[C@@H](CO)Cc1ccccc1)C(=O)N[C@H](COC(=O)[C@H](CC=C)Cc1ccccc1)C(C)C. The zero-order chi connectivity index (χ0) is 29.3. The van der Waals surface area contributed by atoms with Gasteiger partial charge in [0, 0.05) is 6.42 Å². The number of aliphatic hydroxyl groups excluding tert-OH is 1. The van der Waals surface area contributed by atoms with Gasteiger partial charge in [0.2, 0.25) is 11.8 Å². The molecule has 0 saturated carbocycles. The third-order valence-electron chi connectivity index (χ3n) is 6.81. The summed E-state index contributed by atoms with van der Waals surface area (Å²) < 4.78 is 5.67. The van der Waals surface area contributed by atoms with Crippen LogP contribution in [0.25, 0.3) is 0 Å². The highest BCUT2D eigenvalue weighted by Crippen LogP contribution is 2.17. The van der Waals surface area contributed by atoms with E-state index in [0.717, 1.165) is 11.1 Å². The molecule has 2 rings (SSSR count). The van der Waals surface area contributed by atoms with Crippen molar-refractivity contribution in [2.45, 2.75) is 58.0 Å². The van der Waals surface area contributed by atoms with E-state index in [9.17, 15) is 19.5 Å². The maximum atomic E-state index is 13.2. The van der Waals surface area contributed by atoms with Crippen LogP contribution in [0.1, 0.15) is 44.2 Å². The molecule has 0 spiro atoms. The average Bonchev–Trinajstić information content (AvgIpc) is 2.95. The van der Waals surface area contributed by atoms with Crippen LogP contribution in [0, 0.1) is 17.8 Å². The van der Waals surface area contributed by atoms with Gasteiger partial charge in [-0.2, -0.15) is 0 Å². The predicted octanol–water partition coefficient (Wildman–Crippen LogP) is 4.41. The van der Waals surface area contributed by atoms with Gasteiger partial charge < -0.3 is 20.5 Å². The van der Waals surface area contributed by atoms with E-state index in [1.807, 2.05) is 74.5 Å². The molecule has 0 bridgehead atoms. The van der Waals surface area contributed by atoms with Crippen molar-refractivity contribution in [2.24, 2.45) is 17.8 Å². The van der Waals surface area contributed by atoms with Gasteiger partial charge in [0.25, 0.3) is 0 Å². The van der Waals surface area contributed by atoms with Crippen molar-refractivity contribution in [3.05, 3.63) is 97.1 Å². The first-order valence-electron chi connectivity index (χ1n) is 13.9. The number of nitrogens with one attached hydrogen (secondary N) is 2. The van der Waals surface area contributed by atoms with Crippen LogP contribution in [0.3, 0.4) is 0 Å². The molecule has 40 heavy (non-hydrogen) atoms. The zero-order valence-corrected chi connectivity index (χ0v) is 23.8. The molecule has 0 aliphatic heterocycles. The van der Waals surface area contributed by atoms with Gasteiger partial charge in [0.15, 0.2) is 0 Å². The van der Waals surface area contributed by atoms with Crippen LogP contribution >= 0.6 is 0 Å². The second-order valence-electron chi connectivity index (χ2n) is 10.5. The molecule has 0 fully saturated rings. The number of benzene rings is 2. The van der Waals surface area contributed by atoms with E-state index in [1.165, 1.54) is 0 Å². The van der Waals surface area contributed by atoms with E-state index in [-0.39, 0.29) is 49.3 Å². The van der Waals surface area contributed by atoms with Crippen LogP contribution in [0.4, 0.5) is 0 Å². The van der Waals surface area contributed by atoms with Gasteiger partial charge in [0.05, 0.1) is 30.5 Å². The number of ether oxygens (including phenoxy) is 1. The van der Waals surface area contributed by atoms with Crippen molar-refractivity contribution in [1.29, 1.82) is 0 Å². The lowest BCUT2D eigenvalue weighted by molar-refractivity contribution is -0.150. The Kier molecular flexibility index (Phi) is 14.5. The first-order valence-corrected chi connectivity index (χ1v) is 13.9. The number of carbonyl (C=O) groups excluding carboxylic acids is 3. The fourth-order valence-electron chi connectivity index (χ4n) is 4.41. The van der Waals surface area contributed by atoms with Crippen molar-refractivity contribution in [2.75, 3.05) is 13.2 Å². The van der Waals surface area contributed by atoms with Crippen molar-refractivity contribution >= 4 is 17.8 Å². The Hall–Kier alpha value is -3.71. The molecule has 4 atom stereocenters. The number of carbonyl (C=O) groups is 3. The van der Waals surface area contributed by atoms with Gasteiger partial charge in [-0.1, -0.05) is 86.7 Å². The summed E-state index contributed by atoms with van der Waals surface area (Å²) in [6, 6.07) is 18.5. The molecule has 2 amide bonds. The predicted molar refractivity (Wildman–Crippen MR) is 158 cm³/mol. The number of hydrogen-bond donors (Lipinski definition) is 3. The highest BCUT2D eigenvalue weighted by molar-refractivity contribution is 5.86. The van der Waals surface area contributed by atoms with Crippen LogP contribution in [0.2, 0.25) is 0 Å². The second kappa shape index (κ2) is 17.8. The fraction of sp³-hybridized carbons (Fsp3) is 0.424. The lowest BCUT2D eigenvalue weighted by Gasteiger charge is -2.26. The Morgan fingerprint density at radius 2 is 1.40 bits per heavy atom. The van der Waals surface area contributed by atoms with Gasteiger partial charge in [-0.3, -0.25) is 14.4 Å². The molecule has 0 aliphatic carbocycles. The molecule has 2 aromatic carbocycles. The van der Waals surface area contributed by atoms with Gasteiger partial charge in [0.1, 0.15) is 6.61 Å². The molecule has 0 saturated heterocycles. The molecule has 3 N–H and O–H groups in total. The fourth-order valence-corrected chi connectivity index (χ4v) is 4.41. The smallest absolute Gasteiger partial charge is 0.309 e. The first-order chi connectivity index (χ1) is 19.3. The van der Waals surface area contributed by atoms with E-state index in [1.54, 1.807) is 12.2 Å². The van der Waals surface area contributed by atoms with E-state index in [2.05, 4.69) is 23.8 Å². The average molecular weight is 549 g/mol. The molecular formula is C33H44N2O5. The largest absolute Gasteiger partial charge is 0.463 e. The molecule has 2 aromatic rings. The Bertz CT molecular complexity index is 1070. The first kappa shape index (κ1) is 32.5. The summed E-state index contributed by atoms with van der Waals surface area (Å²) in [5, 5.41) is 15.6. The van der Waals surface area contributed by atoms with Crippen molar-refractivity contribution in [1.82, 2.24) is 10.6 Å². The number of allylic oxidation sites excluding steroid dienone is 2. The molecule has 216 valence electrons. The van der Waals surface area contributed by atoms with Crippen molar-refractivity contribution in [3.63, 3.8) is 0 Å². The van der Waals surface area contributed by atoms with Crippen molar-refractivity contribution in [3.8, 4) is 0 Å². The topological polar surface area (TPSA) is 105 Å². The third-order valence-corrected chi connectivity index (χ3v) is 6.81. The van der Waals surface area contributed by atoms with Crippen LogP contribution in [0.5, 0.6) is 0 Å². The van der Waals surface area contributed by atoms with Crippen LogP contribution in [0.15, 0.2) is 86.0 Å². The minimum absolute atomic E-state index is 0.00780. The molecule has 0 aromatic heterocycles. The number of amides is 2. The summed E-state index contributed by atoms with van der Waals surface area (Å²) >= 11 is 0. The van der Waals surface area contributed by atoms with Gasteiger partial charge in [-0.05, 0) is 42.7 Å². The number of esters is 1. The minimum atomic E-state index is -0.642. The Morgan fingerprint density at radius 3 is 1.93 bits per heavy atom. The quantitative estimate of drug-likeness (QED) is 0.189. The molecule has 7 heteroatoms. The second-order valence-corrected chi connectivity index (χ2v) is 10.5. The van der Waals surface area contributed by atoms with E-state index >= 15 is 0 Å². The summed E-state index contributed by atoms with van der Waals surface area (Å²) in [5.41, 5.74) is 2.04. The number of rotatable bonds is 18. The third kappa shape index (κ3) is 11.6. The van der Waals surface area contributed by atoms with Gasteiger partial charge in [-0.25, -0.2) is 0 Å². The maximum absolute atomic E-state index is 13.2. The summed E-state index contributed by atoms with van der Waals surface area (Å²) in [6.07, 6.45) is 5.10. The number of aliphatic hydroxyl groups is 1. The molecular weight excluding hydrogens is 504 g/mol. The van der Waals surface area contributed by atoms with Crippen LogP contribution in [-0.4, -0.2) is 48.2 Å². The van der Waals surface area contributed by atoms with Crippen molar-refractivity contribution < 1.29 is 24.2 Å². The zero-order valence-electron chi connectivity index (χ0n) is 23.8. The summed E-state index contributed by atoms with van der Waals surface area (Å²) in [4.78, 5) is 38.9. The van der Waals surface area contributed by atoms with Crippen LogP contribution in [-0.2, 0) is 32.0 Å². The molecule has 0 heterocycles. The molecule has 0 unspecified atom stereocenters. The number of hydrogen-bond acceptors (Lipinski definition) is 5. The summed E-state index contributed by atoms with van der Waals surface area (Å²) in [5.74, 6) is -1.98. The standard InChI is InChI=1S/C33H44N2O5/c1-5-13-27(21-31(37)34-29(22-36)20-26-17-11-8-12-18-26)32(38)35-30(24(3)4)23-40-33(39)28(14-6-2)19-25-15-9-7-10-16-25/h5-12,15-18,24,27-30,36H,1-2,13-14,19-23H2,3-4H3,(H,34,37)(H,35,38)/t27-,28-,29-,30-/m1/s1.